The molecule has 0 saturated carbocycles. The number of nitrogens with two attached hydrogens (primary N) is 1. The molecule has 0 amide bonds. The molecule has 1 heterocycles. The van der Waals surface area contributed by atoms with E-state index in [1.807, 2.05) is 4.72 Å². The fourth-order valence-corrected chi connectivity index (χ4v) is 2.60. The van der Waals surface area contributed by atoms with Crippen LogP contribution in [0.5, 0.6) is 0 Å². The number of aryl methyl sites for hydroxylation is 1. The number of nitrogen functional groups attached to an aromatic ring is 1. The van der Waals surface area contributed by atoms with Crippen LogP contribution in [0.1, 0.15) is 5.82 Å². The Morgan fingerprint density at radius 2 is 2.16 bits per heavy atom. The number of anilines is 2. The molecular weight excluding hydrogens is 343 g/mol. The summed E-state index contributed by atoms with van der Waals surface area (Å²) in [5.74, 6) is -0.710. The Morgan fingerprint density at radius 3 is 2.74 bits per heavy atom. The SMILES string of the molecule is Cc1noc(NS(=O)(=O)c2cc(N)c(Br)cc2F)n1. The number of aromatic nitrogens is 2. The Bertz CT molecular complexity index is 731. The van der Waals surface area contributed by atoms with Gasteiger partial charge in [0.1, 0.15) is 10.7 Å². The number of nitrogens with one attached hydrogen (secondary N) is 1. The van der Waals surface area contributed by atoms with E-state index in [9.17, 15) is 12.8 Å². The van der Waals surface area contributed by atoms with E-state index in [4.69, 9.17) is 5.73 Å². The second-order valence-corrected chi connectivity index (χ2v) is 6.06. The minimum Gasteiger partial charge on any atom is -0.398 e. The summed E-state index contributed by atoms with van der Waals surface area (Å²) in [6.45, 7) is 1.51. The molecule has 0 fully saturated rings. The van der Waals surface area contributed by atoms with Gasteiger partial charge in [-0.25, -0.2) is 17.5 Å². The number of benzene rings is 1. The van der Waals surface area contributed by atoms with Crippen molar-refractivity contribution < 1.29 is 17.3 Å². The van der Waals surface area contributed by atoms with Crippen LogP contribution in [0.3, 0.4) is 0 Å². The van der Waals surface area contributed by atoms with Gasteiger partial charge in [-0.2, -0.15) is 4.98 Å². The molecular formula is C9H8BrFN4O3S. The molecule has 0 radical (unpaired) electrons. The van der Waals surface area contributed by atoms with E-state index in [2.05, 4.69) is 30.6 Å². The lowest BCUT2D eigenvalue weighted by atomic mass is 10.3. The quantitative estimate of drug-likeness (QED) is 0.814. The molecule has 0 bridgehead atoms. The predicted octanol–water partition coefficient (Wildman–Crippen LogP) is 1.66. The lowest BCUT2D eigenvalue weighted by Gasteiger charge is -2.07. The summed E-state index contributed by atoms with van der Waals surface area (Å²) < 4.78 is 44.4. The van der Waals surface area contributed by atoms with Crippen LogP contribution in [-0.4, -0.2) is 18.6 Å². The summed E-state index contributed by atoms with van der Waals surface area (Å²) in [6, 6.07) is 1.60. The first kappa shape index (κ1) is 13.7. The van der Waals surface area contributed by atoms with Crippen LogP contribution in [0.25, 0.3) is 0 Å². The average molecular weight is 351 g/mol. The zero-order chi connectivity index (χ0) is 14.2. The summed E-state index contributed by atoms with van der Waals surface area (Å²) in [4.78, 5) is 3.05. The Kier molecular flexibility index (Phi) is 3.45. The monoisotopic (exact) mass is 350 g/mol. The third-order valence-electron chi connectivity index (χ3n) is 2.09. The molecule has 10 heteroatoms. The molecule has 0 aliphatic carbocycles. The third kappa shape index (κ3) is 2.84. The van der Waals surface area contributed by atoms with E-state index < -0.39 is 20.7 Å². The van der Waals surface area contributed by atoms with E-state index in [1.54, 1.807) is 0 Å². The first-order valence-corrected chi connectivity index (χ1v) is 7.15. The zero-order valence-corrected chi connectivity index (χ0v) is 11.9. The highest BCUT2D eigenvalue weighted by Crippen LogP contribution is 2.27. The second kappa shape index (κ2) is 4.78. The van der Waals surface area contributed by atoms with Gasteiger partial charge in [0, 0.05) is 10.2 Å². The molecule has 3 N–H and O–H groups in total. The summed E-state index contributed by atoms with van der Waals surface area (Å²) in [6.07, 6.45) is 0. The Morgan fingerprint density at radius 1 is 1.47 bits per heavy atom. The lowest BCUT2D eigenvalue weighted by molar-refractivity contribution is 0.429. The number of rotatable bonds is 3. The van der Waals surface area contributed by atoms with Gasteiger partial charge in [0.2, 0.25) is 0 Å². The van der Waals surface area contributed by atoms with Gasteiger partial charge in [-0.05, 0) is 35.0 Å². The van der Waals surface area contributed by atoms with E-state index in [0.717, 1.165) is 12.1 Å². The van der Waals surface area contributed by atoms with E-state index in [-0.39, 0.29) is 22.0 Å². The van der Waals surface area contributed by atoms with Gasteiger partial charge in [0.15, 0.2) is 5.82 Å². The molecule has 2 rings (SSSR count). The first-order chi connectivity index (χ1) is 8.79. The Hall–Kier alpha value is -1.68. The number of hydrogen-bond acceptors (Lipinski definition) is 6. The summed E-state index contributed by atoms with van der Waals surface area (Å²) in [7, 11) is -4.19. The van der Waals surface area contributed by atoms with Gasteiger partial charge in [0.05, 0.1) is 0 Å². The van der Waals surface area contributed by atoms with Crippen LogP contribution >= 0.6 is 15.9 Å². The fourth-order valence-electron chi connectivity index (χ4n) is 1.26. The average Bonchev–Trinajstić information content (AvgIpc) is 2.68. The summed E-state index contributed by atoms with van der Waals surface area (Å²) in [5, 5.41) is 3.41. The van der Waals surface area contributed by atoms with Crippen molar-refractivity contribution in [3.8, 4) is 0 Å². The van der Waals surface area contributed by atoms with Crippen LogP contribution in [0.2, 0.25) is 0 Å². The number of nitrogens with zero attached hydrogens (tertiary/aromatic N) is 2. The standard InChI is InChI=1S/C9H8BrFN4O3S/c1-4-13-9(18-14-4)15-19(16,17)8-3-7(12)5(10)2-6(8)11/h2-3H,12H2,1H3,(H,13,14,15). The Labute approximate surface area is 116 Å². The third-order valence-corrected chi connectivity index (χ3v) is 4.11. The van der Waals surface area contributed by atoms with Crippen molar-refractivity contribution in [2.24, 2.45) is 0 Å². The number of sulfonamides is 1. The van der Waals surface area contributed by atoms with Crippen LogP contribution in [0, 0.1) is 12.7 Å². The van der Waals surface area contributed by atoms with Gasteiger partial charge in [-0.1, -0.05) is 5.16 Å². The molecule has 7 nitrogen and oxygen atoms in total. The van der Waals surface area contributed by atoms with Crippen molar-refractivity contribution in [3.63, 3.8) is 0 Å². The minimum atomic E-state index is -4.19. The van der Waals surface area contributed by atoms with Gasteiger partial charge in [-0.15, -0.1) is 0 Å². The molecule has 2 aromatic rings. The highest BCUT2D eigenvalue weighted by Gasteiger charge is 2.23. The van der Waals surface area contributed by atoms with Crippen LogP contribution < -0.4 is 10.5 Å². The molecule has 0 unspecified atom stereocenters. The Balaban J connectivity index is 2.42. The van der Waals surface area contributed by atoms with Gasteiger partial charge in [0.25, 0.3) is 10.0 Å². The lowest BCUT2D eigenvalue weighted by Crippen LogP contribution is -2.15. The molecule has 1 aromatic heterocycles. The maximum atomic E-state index is 13.7. The molecule has 0 aliphatic heterocycles. The molecule has 19 heavy (non-hydrogen) atoms. The molecule has 0 saturated heterocycles. The van der Waals surface area contributed by atoms with Crippen molar-refractivity contribution in [3.05, 3.63) is 28.2 Å². The topological polar surface area (TPSA) is 111 Å². The molecule has 0 aliphatic rings. The predicted molar refractivity (Wildman–Crippen MR) is 68.4 cm³/mol. The minimum absolute atomic E-state index is 0.0866. The molecule has 1 aromatic carbocycles. The first-order valence-electron chi connectivity index (χ1n) is 4.87. The smallest absolute Gasteiger partial charge is 0.335 e. The molecule has 102 valence electrons. The van der Waals surface area contributed by atoms with E-state index >= 15 is 0 Å². The number of hydrogen-bond donors (Lipinski definition) is 2. The van der Waals surface area contributed by atoms with E-state index in [0.29, 0.717) is 0 Å². The normalized spacial score (nSPS) is 11.5. The maximum absolute atomic E-state index is 13.7. The van der Waals surface area contributed by atoms with Crippen molar-refractivity contribution in [2.45, 2.75) is 11.8 Å². The largest absolute Gasteiger partial charge is 0.398 e. The summed E-state index contributed by atoms with van der Waals surface area (Å²) >= 11 is 3.00. The molecule has 0 atom stereocenters. The van der Waals surface area contributed by atoms with Crippen LogP contribution in [0.15, 0.2) is 26.0 Å². The van der Waals surface area contributed by atoms with Gasteiger partial charge < -0.3 is 10.3 Å². The van der Waals surface area contributed by atoms with Crippen molar-refractivity contribution in [2.75, 3.05) is 10.5 Å². The zero-order valence-electron chi connectivity index (χ0n) is 9.52. The highest BCUT2D eigenvalue weighted by molar-refractivity contribution is 9.10. The highest BCUT2D eigenvalue weighted by atomic mass is 79.9. The van der Waals surface area contributed by atoms with Crippen molar-refractivity contribution in [1.82, 2.24) is 10.1 Å². The fraction of sp³-hybridized carbons (Fsp3) is 0.111. The van der Waals surface area contributed by atoms with Gasteiger partial charge >= 0.3 is 6.01 Å². The van der Waals surface area contributed by atoms with Crippen LogP contribution in [-0.2, 0) is 10.0 Å². The summed E-state index contributed by atoms with van der Waals surface area (Å²) in [5.41, 5.74) is 5.61. The van der Waals surface area contributed by atoms with Gasteiger partial charge in [-0.3, -0.25) is 0 Å². The van der Waals surface area contributed by atoms with Crippen molar-refractivity contribution >= 4 is 37.7 Å². The number of halogens is 2. The molecule has 0 spiro atoms. The van der Waals surface area contributed by atoms with E-state index in [1.165, 1.54) is 6.92 Å². The second-order valence-electron chi connectivity index (χ2n) is 3.56. The maximum Gasteiger partial charge on any atom is 0.335 e. The van der Waals surface area contributed by atoms with Crippen molar-refractivity contribution in [1.29, 1.82) is 0 Å². The van der Waals surface area contributed by atoms with Crippen LogP contribution in [0.4, 0.5) is 16.1 Å².